The van der Waals surface area contributed by atoms with Gasteiger partial charge in [-0.05, 0) is 31.2 Å². The molecule has 5 heteroatoms. The second-order valence-corrected chi connectivity index (χ2v) is 6.73. The molecule has 106 valence electrons. The first-order valence-electron chi connectivity index (χ1n) is 6.45. The number of likely N-dealkylation sites (N-methyl/N-ethyl adjacent to an activating group) is 1. The van der Waals surface area contributed by atoms with E-state index in [9.17, 15) is 4.79 Å². The summed E-state index contributed by atoms with van der Waals surface area (Å²) in [6, 6.07) is 11.7. The quantitative estimate of drug-likeness (QED) is 0.873. The van der Waals surface area contributed by atoms with Crippen molar-refractivity contribution in [2.75, 3.05) is 18.9 Å². The maximum atomic E-state index is 11.9. The van der Waals surface area contributed by atoms with Gasteiger partial charge >= 0.3 is 0 Å². The van der Waals surface area contributed by atoms with Gasteiger partial charge in [0.2, 0.25) is 0 Å². The molecule has 2 rings (SSSR count). The molecule has 0 bridgehead atoms. The van der Waals surface area contributed by atoms with Crippen molar-refractivity contribution in [3.8, 4) is 0 Å². The Labute approximate surface area is 128 Å². The van der Waals surface area contributed by atoms with E-state index in [0.717, 1.165) is 21.5 Å². The summed E-state index contributed by atoms with van der Waals surface area (Å²) >= 11 is 7.46. The normalized spacial score (nSPS) is 12.2. The highest BCUT2D eigenvalue weighted by Crippen LogP contribution is 2.20. The van der Waals surface area contributed by atoms with Crippen molar-refractivity contribution in [2.24, 2.45) is 0 Å². The number of hydrogen-bond donors (Lipinski definition) is 2. The van der Waals surface area contributed by atoms with Crippen molar-refractivity contribution in [3.05, 3.63) is 51.2 Å². The van der Waals surface area contributed by atoms with Crippen molar-refractivity contribution in [1.82, 2.24) is 0 Å². The van der Waals surface area contributed by atoms with Gasteiger partial charge in [0.1, 0.15) is 6.54 Å². The summed E-state index contributed by atoms with van der Waals surface area (Å²) in [7, 11) is 2.00. The smallest absolute Gasteiger partial charge is 0.279 e. The monoisotopic (exact) mass is 309 g/mol. The van der Waals surface area contributed by atoms with Crippen LogP contribution < -0.4 is 10.2 Å². The SMILES string of the molecule is Cc1ccc(NC(=O)C[NH+](C)Cc2ccc(Cl)s2)cc1. The van der Waals surface area contributed by atoms with E-state index in [4.69, 9.17) is 11.6 Å². The Balaban J connectivity index is 1.83. The van der Waals surface area contributed by atoms with Crippen LogP contribution >= 0.6 is 22.9 Å². The molecule has 0 fully saturated rings. The molecule has 0 aliphatic carbocycles. The van der Waals surface area contributed by atoms with E-state index in [1.54, 1.807) is 11.3 Å². The fourth-order valence-electron chi connectivity index (χ4n) is 1.92. The van der Waals surface area contributed by atoms with E-state index in [-0.39, 0.29) is 5.91 Å². The molecule has 0 saturated heterocycles. The van der Waals surface area contributed by atoms with E-state index >= 15 is 0 Å². The first kappa shape index (κ1) is 15.0. The molecule has 3 nitrogen and oxygen atoms in total. The molecule has 1 aromatic carbocycles. The van der Waals surface area contributed by atoms with Crippen LogP contribution in [-0.4, -0.2) is 19.5 Å². The molecule has 1 atom stereocenters. The number of carbonyl (C=O) groups excluding carboxylic acids is 1. The number of hydrogen-bond acceptors (Lipinski definition) is 2. The lowest BCUT2D eigenvalue weighted by molar-refractivity contribution is -0.884. The summed E-state index contributed by atoms with van der Waals surface area (Å²) in [6.07, 6.45) is 0. The molecule has 0 aliphatic rings. The lowest BCUT2D eigenvalue weighted by Crippen LogP contribution is -3.08. The minimum absolute atomic E-state index is 0.0222. The summed E-state index contributed by atoms with van der Waals surface area (Å²) in [4.78, 5) is 14.3. The van der Waals surface area contributed by atoms with Crippen molar-refractivity contribution in [1.29, 1.82) is 0 Å². The topological polar surface area (TPSA) is 33.5 Å². The average Bonchev–Trinajstić information content (AvgIpc) is 2.77. The first-order chi connectivity index (χ1) is 9.52. The van der Waals surface area contributed by atoms with Crippen LogP contribution in [0.5, 0.6) is 0 Å². The number of carbonyl (C=O) groups is 1. The molecule has 1 heterocycles. The highest BCUT2D eigenvalue weighted by atomic mass is 35.5. The van der Waals surface area contributed by atoms with Crippen molar-refractivity contribution < 1.29 is 9.69 Å². The summed E-state index contributed by atoms with van der Waals surface area (Å²) in [6.45, 7) is 3.26. The fraction of sp³-hybridized carbons (Fsp3) is 0.267. The molecule has 20 heavy (non-hydrogen) atoms. The Bertz CT molecular complexity index is 580. The third kappa shape index (κ3) is 4.63. The molecule has 1 unspecified atom stereocenters. The second kappa shape index (κ2) is 6.88. The average molecular weight is 310 g/mol. The van der Waals surface area contributed by atoms with Crippen molar-refractivity contribution in [3.63, 3.8) is 0 Å². The molecule has 0 saturated carbocycles. The minimum atomic E-state index is 0.0222. The second-order valence-electron chi connectivity index (χ2n) is 4.93. The molecular formula is C15H18ClN2OS+. The van der Waals surface area contributed by atoms with Crippen molar-refractivity contribution in [2.45, 2.75) is 13.5 Å². The molecule has 2 aromatic rings. The molecule has 0 radical (unpaired) electrons. The Morgan fingerprint density at radius 3 is 2.55 bits per heavy atom. The number of aryl methyl sites for hydroxylation is 1. The number of anilines is 1. The predicted octanol–water partition coefficient (Wildman–Crippen LogP) is 2.36. The number of quaternary nitrogens is 1. The summed E-state index contributed by atoms with van der Waals surface area (Å²) in [5.41, 5.74) is 2.02. The zero-order valence-corrected chi connectivity index (χ0v) is 13.1. The van der Waals surface area contributed by atoms with Gasteiger partial charge in [-0.1, -0.05) is 29.3 Å². The minimum Gasteiger partial charge on any atom is -0.325 e. The molecule has 0 aliphatic heterocycles. The number of halogens is 1. The zero-order chi connectivity index (χ0) is 14.5. The van der Waals surface area contributed by atoms with Gasteiger partial charge in [0.25, 0.3) is 5.91 Å². The number of rotatable bonds is 5. The number of amides is 1. The fourth-order valence-corrected chi connectivity index (χ4v) is 3.12. The van der Waals surface area contributed by atoms with E-state index < -0.39 is 0 Å². The lowest BCUT2D eigenvalue weighted by Gasteiger charge is -2.13. The maximum Gasteiger partial charge on any atom is 0.279 e. The van der Waals surface area contributed by atoms with E-state index in [0.29, 0.717) is 6.54 Å². The van der Waals surface area contributed by atoms with Crippen LogP contribution in [0, 0.1) is 6.92 Å². The highest BCUT2D eigenvalue weighted by molar-refractivity contribution is 7.16. The van der Waals surface area contributed by atoms with Crippen LogP contribution in [0.15, 0.2) is 36.4 Å². The molecule has 0 spiro atoms. The van der Waals surface area contributed by atoms with Gasteiger partial charge in [-0.25, -0.2) is 0 Å². The standard InChI is InChI=1S/C15H17ClN2OS/c1-11-3-5-12(6-4-11)17-15(19)10-18(2)9-13-7-8-14(16)20-13/h3-8H,9-10H2,1-2H3,(H,17,19)/p+1. The van der Waals surface area contributed by atoms with Crippen molar-refractivity contribution >= 4 is 34.5 Å². The number of thiophene rings is 1. The van der Waals surface area contributed by atoms with E-state index in [1.807, 2.05) is 50.4 Å². The third-order valence-corrected chi connectivity index (χ3v) is 4.13. The molecule has 1 amide bonds. The van der Waals surface area contributed by atoms with Crippen LogP contribution in [0.3, 0.4) is 0 Å². The van der Waals surface area contributed by atoms with Gasteiger partial charge in [0, 0.05) is 5.69 Å². The third-order valence-electron chi connectivity index (χ3n) is 2.90. The number of nitrogens with one attached hydrogen (secondary N) is 2. The van der Waals surface area contributed by atoms with Gasteiger partial charge in [0.05, 0.1) is 16.3 Å². The van der Waals surface area contributed by atoms with Gasteiger partial charge in [-0.3, -0.25) is 4.79 Å². The predicted molar refractivity (Wildman–Crippen MR) is 84.6 cm³/mol. The Kier molecular flexibility index (Phi) is 5.17. The van der Waals surface area contributed by atoms with E-state index in [2.05, 4.69) is 5.32 Å². The Morgan fingerprint density at radius 2 is 1.95 bits per heavy atom. The highest BCUT2D eigenvalue weighted by Gasteiger charge is 2.11. The largest absolute Gasteiger partial charge is 0.325 e. The van der Waals surface area contributed by atoms with Crippen LogP contribution in [0.4, 0.5) is 5.69 Å². The van der Waals surface area contributed by atoms with Gasteiger partial charge in [-0.15, -0.1) is 11.3 Å². The van der Waals surface area contributed by atoms with Crippen LogP contribution in [0.1, 0.15) is 10.4 Å². The first-order valence-corrected chi connectivity index (χ1v) is 7.64. The summed E-state index contributed by atoms with van der Waals surface area (Å²) < 4.78 is 0.789. The van der Waals surface area contributed by atoms with Crippen LogP contribution in [0.25, 0.3) is 0 Å². The van der Waals surface area contributed by atoms with Crippen LogP contribution in [-0.2, 0) is 11.3 Å². The number of benzene rings is 1. The van der Waals surface area contributed by atoms with Gasteiger partial charge in [0.15, 0.2) is 6.54 Å². The van der Waals surface area contributed by atoms with Crippen LogP contribution in [0.2, 0.25) is 4.34 Å². The van der Waals surface area contributed by atoms with E-state index in [1.165, 1.54) is 10.4 Å². The van der Waals surface area contributed by atoms with Gasteiger partial charge in [-0.2, -0.15) is 0 Å². The zero-order valence-electron chi connectivity index (χ0n) is 11.6. The lowest BCUT2D eigenvalue weighted by atomic mass is 10.2. The molecule has 1 aromatic heterocycles. The Morgan fingerprint density at radius 1 is 1.25 bits per heavy atom. The summed E-state index contributed by atoms with van der Waals surface area (Å²) in [5, 5.41) is 2.91. The molecule has 2 N–H and O–H groups in total. The Hall–Kier alpha value is -1.36. The molecular weight excluding hydrogens is 292 g/mol. The summed E-state index contributed by atoms with van der Waals surface area (Å²) in [5.74, 6) is 0.0222. The maximum absolute atomic E-state index is 11.9. The van der Waals surface area contributed by atoms with Gasteiger partial charge < -0.3 is 10.2 Å².